The van der Waals surface area contributed by atoms with Crippen molar-refractivity contribution in [3.63, 3.8) is 0 Å². The molecular weight excluding hydrogens is 411 g/mol. The Bertz CT molecular complexity index is 350. The van der Waals surface area contributed by atoms with Gasteiger partial charge in [-0.25, -0.2) is 0 Å². The second kappa shape index (κ2) is 4.89. The Balaban J connectivity index is 3.28. The molecule has 0 atom stereocenters. The van der Waals surface area contributed by atoms with Gasteiger partial charge in [0.05, 0.1) is 5.33 Å². The minimum absolute atomic E-state index is 0.105. The fourth-order valence-electron chi connectivity index (χ4n) is 1.00. The Morgan fingerprint density at radius 2 is 2.15 bits per heavy atom. The fraction of sp³-hybridized carbons (Fsp3) is 0.222. The average Bonchev–Trinajstić information content (AvgIpc) is 2.10. The summed E-state index contributed by atoms with van der Waals surface area (Å²) in [6, 6.07) is 3.93. The summed E-state index contributed by atoms with van der Waals surface area (Å²) in [4.78, 5) is 11.5. The van der Waals surface area contributed by atoms with Gasteiger partial charge in [-0.3, -0.25) is 4.79 Å². The highest BCUT2D eigenvalue weighted by atomic mass is 127. The second-order valence-corrected chi connectivity index (χ2v) is 5.24. The molecule has 1 aromatic rings. The van der Waals surface area contributed by atoms with Gasteiger partial charge in [0.25, 0.3) is 0 Å². The van der Waals surface area contributed by atoms with Crippen LogP contribution in [0.2, 0.25) is 0 Å². The fourth-order valence-corrected chi connectivity index (χ4v) is 2.53. The third kappa shape index (κ3) is 2.76. The Labute approximate surface area is 108 Å². The summed E-state index contributed by atoms with van der Waals surface area (Å²) in [6.07, 6.45) is 0. The van der Waals surface area contributed by atoms with E-state index in [4.69, 9.17) is 0 Å². The lowest BCUT2D eigenvalue weighted by molar-refractivity contribution is 0.102. The van der Waals surface area contributed by atoms with E-state index < -0.39 is 0 Å². The van der Waals surface area contributed by atoms with Gasteiger partial charge in [-0.05, 0) is 63.1 Å². The van der Waals surface area contributed by atoms with E-state index >= 15 is 0 Å². The number of benzene rings is 1. The lowest BCUT2D eigenvalue weighted by atomic mass is 10.1. The first kappa shape index (κ1) is 11.7. The number of aryl methyl sites for hydroxylation is 1. The maximum absolute atomic E-state index is 11.5. The van der Waals surface area contributed by atoms with Crippen molar-refractivity contribution >= 4 is 60.2 Å². The van der Waals surface area contributed by atoms with E-state index in [-0.39, 0.29) is 5.78 Å². The summed E-state index contributed by atoms with van der Waals surface area (Å²) in [7, 11) is 0. The first-order chi connectivity index (χ1) is 6.06. The highest BCUT2D eigenvalue weighted by molar-refractivity contribution is 14.1. The van der Waals surface area contributed by atoms with Crippen LogP contribution in [0, 0.1) is 10.5 Å². The molecule has 0 N–H and O–H groups in total. The molecular formula is C9H7Br2IO. The van der Waals surface area contributed by atoms with Gasteiger partial charge in [-0.1, -0.05) is 15.9 Å². The maximum Gasteiger partial charge on any atom is 0.174 e. The van der Waals surface area contributed by atoms with Gasteiger partial charge >= 0.3 is 0 Å². The van der Waals surface area contributed by atoms with Gasteiger partial charge in [-0.2, -0.15) is 0 Å². The molecule has 0 saturated carbocycles. The van der Waals surface area contributed by atoms with Crippen LogP contribution in [0.3, 0.4) is 0 Å². The number of hydrogen-bond acceptors (Lipinski definition) is 1. The summed E-state index contributed by atoms with van der Waals surface area (Å²) in [6.45, 7) is 1.98. The van der Waals surface area contributed by atoms with Gasteiger partial charge in [0, 0.05) is 13.6 Å². The first-order valence-electron chi connectivity index (χ1n) is 3.61. The van der Waals surface area contributed by atoms with Crippen LogP contribution in [0.4, 0.5) is 0 Å². The minimum Gasteiger partial charge on any atom is -0.293 e. The molecule has 0 unspecified atom stereocenters. The van der Waals surface area contributed by atoms with Crippen LogP contribution < -0.4 is 0 Å². The van der Waals surface area contributed by atoms with Crippen molar-refractivity contribution in [3.05, 3.63) is 31.3 Å². The number of ketones is 1. The van der Waals surface area contributed by atoms with Gasteiger partial charge in [0.1, 0.15) is 0 Å². The molecule has 0 aliphatic heterocycles. The van der Waals surface area contributed by atoms with Crippen molar-refractivity contribution in [3.8, 4) is 0 Å². The molecule has 70 valence electrons. The van der Waals surface area contributed by atoms with E-state index in [2.05, 4.69) is 54.5 Å². The Morgan fingerprint density at radius 3 is 2.69 bits per heavy atom. The average molecular weight is 418 g/mol. The van der Waals surface area contributed by atoms with E-state index in [0.717, 1.165) is 19.2 Å². The van der Waals surface area contributed by atoms with Crippen LogP contribution in [0.25, 0.3) is 0 Å². The number of hydrogen-bond donors (Lipinski definition) is 0. The van der Waals surface area contributed by atoms with Gasteiger partial charge in [0.15, 0.2) is 5.78 Å². The number of carbonyl (C=O) groups excluding carboxylic acids is 1. The van der Waals surface area contributed by atoms with Gasteiger partial charge < -0.3 is 0 Å². The largest absolute Gasteiger partial charge is 0.293 e. The molecule has 0 heterocycles. The predicted octanol–water partition coefficient (Wildman–Crippen LogP) is 3.94. The summed E-state index contributed by atoms with van der Waals surface area (Å²) in [5, 5.41) is 0.366. The minimum atomic E-state index is 0.105. The standard InChI is InChI=1S/C9H7Br2IO/c1-5-2-6(12)3-7(9(5)11)8(13)4-10/h2-3H,4H2,1H3. The molecule has 0 bridgehead atoms. The molecule has 0 aromatic heterocycles. The second-order valence-electron chi connectivity index (χ2n) is 2.64. The van der Waals surface area contributed by atoms with E-state index in [1.165, 1.54) is 0 Å². The SMILES string of the molecule is Cc1cc(I)cc(C(=O)CBr)c1Br. The topological polar surface area (TPSA) is 17.1 Å². The molecule has 4 heteroatoms. The molecule has 13 heavy (non-hydrogen) atoms. The zero-order chi connectivity index (χ0) is 10.0. The Kier molecular flexibility index (Phi) is 4.38. The van der Waals surface area contributed by atoms with Crippen LogP contribution in [-0.4, -0.2) is 11.1 Å². The molecule has 0 amide bonds. The highest BCUT2D eigenvalue weighted by Gasteiger charge is 2.11. The van der Waals surface area contributed by atoms with Crippen molar-refractivity contribution in [1.82, 2.24) is 0 Å². The molecule has 0 spiro atoms. The number of carbonyl (C=O) groups is 1. The summed E-state index contributed by atoms with van der Waals surface area (Å²) in [5.74, 6) is 0.105. The normalized spacial score (nSPS) is 10.2. The number of rotatable bonds is 2. The lowest BCUT2D eigenvalue weighted by Crippen LogP contribution is -2.02. The van der Waals surface area contributed by atoms with Crippen LogP contribution in [0.1, 0.15) is 15.9 Å². The van der Waals surface area contributed by atoms with Crippen molar-refractivity contribution in [2.45, 2.75) is 6.92 Å². The summed E-state index contributed by atoms with van der Waals surface area (Å²) < 4.78 is 1.99. The lowest BCUT2D eigenvalue weighted by Gasteiger charge is -2.05. The third-order valence-electron chi connectivity index (χ3n) is 1.64. The Morgan fingerprint density at radius 1 is 1.54 bits per heavy atom. The molecule has 0 saturated heterocycles. The molecule has 1 nitrogen and oxygen atoms in total. The van der Waals surface area contributed by atoms with E-state index in [0.29, 0.717) is 5.33 Å². The quantitative estimate of drug-likeness (QED) is 0.405. The number of halogens is 3. The summed E-state index contributed by atoms with van der Waals surface area (Å²) >= 11 is 8.78. The molecule has 0 fully saturated rings. The van der Waals surface area contributed by atoms with Crippen molar-refractivity contribution in [2.75, 3.05) is 5.33 Å². The molecule has 1 aromatic carbocycles. The first-order valence-corrected chi connectivity index (χ1v) is 6.60. The van der Waals surface area contributed by atoms with Crippen molar-refractivity contribution in [1.29, 1.82) is 0 Å². The van der Waals surface area contributed by atoms with Crippen LogP contribution in [0.5, 0.6) is 0 Å². The predicted molar refractivity (Wildman–Crippen MR) is 69.7 cm³/mol. The van der Waals surface area contributed by atoms with Crippen LogP contribution >= 0.6 is 54.5 Å². The monoisotopic (exact) mass is 416 g/mol. The van der Waals surface area contributed by atoms with Crippen molar-refractivity contribution in [2.24, 2.45) is 0 Å². The molecule has 1 rings (SSSR count). The van der Waals surface area contributed by atoms with Crippen molar-refractivity contribution < 1.29 is 4.79 Å². The van der Waals surface area contributed by atoms with E-state index in [9.17, 15) is 4.79 Å². The van der Waals surface area contributed by atoms with E-state index in [1.54, 1.807) is 0 Å². The summed E-state index contributed by atoms with van der Waals surface area (Å²) in [5.41, 5.74) is 1.84. The number of Topliss-reactive ketones (excluding diaryl/α,β-unsaturated/α-hetero) is 1. The maximum atomic E-state index is 11.5. The zero-order valence-electron chi connectivity index (χ0n) is 6.90. The Hall–Kier alpha value is 0.580. The third-order valence-corrected chi connectivity index (χ3v) is 3.83. The highest BCUT2D eigenvalue weighted by Crippen LogP contribution is 2.24. The zero-order valence-corrected chi connectivity index (χ0v) is 12.2. The smallest absolute Gasteiger partial charge is 0.174 e. The van der Waals surface area contributed by atoms with Crippen LogP contribution in [-0.2, 0) is 0 Å². The number of alkyl halides is 1. The molecule has 0 aliphatic rings. The van der Waals surface area contributed by atoms with Gasteiger partial charge in [0.2, 0.25) is 0 Å². The van der Waals surface area contributed by atoms with E-state index in [1.807, 2.05) is 19.1 Å². The molecule has 0 aliphatic carbocycles. The van der Waals surface area contributed by atoms with Gasteiger partial charge in [-0.15, -0.1) is 0 Å². The van der Waals surface area contributed by atoms with Crippen LogP contribution in [0.15, 0.2) is 16.6 Å². The molecule has 0 radical (unpaired) electrons.